The van der Waals surface area contributed by atoms with Gasteiger partial charge in [-0.15, -0.1) is 0 Å². The molecule has 1 amide bonds. The molecule has 0 spiro atoms. The van der Waals surface area contributed by atoms with Crippen LogP contribution in [0.15, 0.2) is 47.4 Å². The predicted octanol–water partition coefficient (Wildman–Crippen LogP) is 3.67. The highest BCUT2D eigenvalue weighted by Crippen LogP contribution is 2.29. The number of rotatable bonds is 4. The molecule has 3 rings (SSSR count). The third kappa shape index (κ3) is 4.96. The number of halogens is 6. The van der Waals surface area contributed by atoms with E-state index in [0.29, 0.717) is 17.7 Å². The minimum absolute atomic E-state index is 0.0549. The summed E-state index contributed by atoms with van der Waals surface area (Å²) < 4.78 is 104. The van der Waals surface area contributed by atoms with Crippen molar-refractivity contribution < 1.29 is 39.6 Å². The fourth-order valence-electron chi connectivity index (χ4n) is 3.05. The van der Waals surface area contributed by atoms with Crippen LogP contribution in [0.25, 0.3) is 6.08 Å². The molecule has 1 fully saturated rings. The fraction of sp³-hybridized carbons (Fsp3) is 0.250. The van der Waals surface area contributed by atoms with Crippen molar-refractivity contribution in [2.24, 2.45) is 0 Å². The molecule has 2 aromatic rings. The van der Waals surface area contributed by atoms with Crippen LogP contribution in [-0.4, -0.2) is 49.7 Å². The van der Waals surface area contributed by atoms with Crippen molar-refractivity contribution in [1.29, 1.82) is 0 Å². The number of carbonyl (C=O) groups excluding carboxylic acids is 1. The second kappa shape index (κ2) is 8.94. The number of benzene rings is 2. The van der Waals surface area contributed by atoms with Gasteiger partial charge in [-0.25, -0.2) is 21.6 Å². The molecule has 0 aliphatic carbocycles. The van der Waals surface area contributed by atoms with Crippen LogP contribution in [0.3, 0.4) is 0 Å². The minimum atomic E-state index is -4.47. The molecule has 0 atom stereocenters. The van der Waals surface area contributed by atoms with E-state index in [1.165, 1.54) is 23.1 Å². The molecule has 1 saturated heterocycles. The lowest BCUT2D eigenvalue weighted by Crippen LogP contribution is -2.50. The number of nitrogens with zero attached hydrogens (tertiary/aromatic N) is 2. The van der Waals surface area contributed by atoms with Crippen LogP contribution in [0.2, 0.25) is 0 Å². The highest BCUT2D eigenvalue weighted by atomic mass is 32.2. The Morgan fingerprint density at radius 1 is 0.875 bits per heavy atom. The van der Waals surface area contributed by atoms with Gasteiger partial charge in [0.2, 0.25) is 15.9 Å². The van der Waals surface area contributed by atoms with Gasteiger partial charge in [-0.2, -0.15) is 17.5 Å². The summed E-state index contributed by atoms with van der Waals surface area (Å²) in [6, 6.07) is 5.31. The van der Waals surface area contributed by atoms with E-state index in [0.717, 1.165) is 22.5 Å². The molecule has 12 heteroatoms. The third-order valence-electron chi connectivity index (χ3n) is 4.82. The second-order valence-electron chi connectivity index (χ2n) is 6.86. The maximum Gasteiger partial charge on any atom is 0.416 e. The van der Waals surface area contributed by atoms with E-state index >= 15 is 0 Å². The van der Waals surface area contributed by atoms with Crippen molar-refractivity contribution in [3.8, 4) is 0 Å². The van der Waals surface area contributed by atoms with Crippen molar-refractivity contribution in [1.82, 2.24) is 9.21 Å². The molecule has 5 nitrogen and oxygen atoms in total. The SMILES string of the molecule is O=C(/C=C/c1ccc(C(F)(F)F)cc1)N1CCN(S(=O)(=O)c2ccc(F)c(F)c2F)CC1. The lowest BCUT2D eigenvalue weighted by molar-refractivity contribution is -0.137. The molecule has 0 radical (unpaired) electrons. The number of hydrogen-bond acceptors (Lipinski definition) is 3. The zero-order valence-electron chi connectivity index (χ0n) is 16.2. The number of alkyl halides is 3. The van der Waals surface area contributed by atoms with E-state index in [9.17, 15) is 39.6 Å². The average molecular weight is 478 g/mol. The van der Waals surface area contributed by atoms with E-state index in [4.69, 9.17) is 0 Å². The highest BCUT2D eigenvalue weighted by molar-refractivity contribution is 7.89. The second-order valence-corrected chi connectivity index (χ2v) is 8.76. The Bertz CT molecular complexity index is 1140. The molecule has 1 aliphatic heterocycles. The number of piperazine rings is 1. The number of amides is 1. The summed E-state index contributed by atoms with van der Waals surface area (Å²) in [4.78, 5) is 12.6. The van der Waals surface area contributed by atoms with Gasteiger partial charge >= 0.3 is 6.18 Å². The molecule has 1 heterocycles. The zero-order chi connectivity index (χ0) is 23.7. The Morgan fingerprint density at radius 3 is 2.03 bits per heavy atom. The highest BCUT2D eigenvalue weighted by Gasteiger charge is 2.33. The first-order chi connectivity index (χ1) is 14.9. The Labute approximate surface area is 179 Å². The Hall–Kier alpha value is -2.86. The van der Waals surface area contributed by atoms with Gasteiger partial charge in [-0.05, 0) is 35.9 Å². The summed E-state index contributed by atoms with van der Waals surface area (Å²) in [6.45, 7) is -0.525. The fourth-order valence-corrected chi connectivity index (χ4v) is 4.53. The minimum Gasteiger partial charge on any atom is -0.337 e. The average Bonchev–Trinajstić information content (AvgIpc) is 2.75. The Balaban J connectivity index is 1.63. The maximum atomic E-state index is 13.9. The van der Waals surface area contributed by atoms with Crippen LogP contribution in [0.1, 0.15) is 11.1 Å². The summed E-state index contributed by atoms with van der Waals surface area (Å²) in [7, 11) is -4.45. The monoisotopic (exact) mass is 478 g/mol. The molecule has 2 aromatic carbocycles. The van der Waals surface area contributed by atoms with E-state index in [1.54, 1.807) is 0 Å². The van der Waals surface area contributed by atoms with Gasteiger partial charge in [0, 0.05) is 32.3 Å². The summed E-state index contributed by atoms with van der Waals surface area (Å²) in [5.41, 5.74) is -0.461. The first kappa shape index (κ1) is 23.8. The van der Waals surface area contributed by atoms with E-state index in [1.807, 2.05) is 0 Å². The first-order valence-corrected chi connectivity index (χ1v) is 10.6. The maximum absolute atomic E-state index is 13.9. The van der Waals surface area contributed by atoms with Gasteiger partial charge in [-0.1, -0.05) is 12.1 Å². The predicted molar refractivity (Wildman–Crippen MR) is 102 cm³/mol. The van der Waals surface area contributed by atoms with E-state index in [-0.39, 0.29) is 26.2 Å². The molecule has 0 saturated carbocycles. The molecule has 32 heavy (non-hydrogen) atoms. The topological polar surface area (TPSA) is 57.7 Å². The molecule has 0 unspecified atom stereocenters. The standard InChI is InChI=1S/C20H16F6N2O3S/c21-15-6-7-16(19(23)18(15)22)32(30,31)28-11-9-27(10-12-28)17(29)8-3-13-1-4-14(5-2-13)20(24,25)26/h1-8H,9-12H2/b8-3+. The van der Waals surface area contributed by atoms with Crippen molar-refractivity contribution >= 4 is 22.0 Å². The molecular formula is C20H16F6N2O3S. The van der Waals surface area contributed by atoms with Crippen LogP contribution in [0.5, 0.6) is 0 Å². The lowest BCUT2D eigenvalue weighted by atomic mass is 10.1. The van der Waals surface area contributed by atoms with E-state index in [2.05, 4.69) is 0 Å². The molecular weight excluding hydrogens is 462 g/mol. The van der Waals surface area contributed by atoms with Crippen LogP contribution < -0.4 is 0 Å². The van der Waals surface area contributed by atoms with E-state index < -0.39 is 50.0 Å². The van der Waals surface area contributed by atoms with Crippen LogP contribution >= 0.6 is 0 Å². The van der Waals surface area contributed by atoms with Gasteiger partial charge in [-0.3, -0.25) is 4.79 Å². The molecule has 172 valence electrons. The van der Waals surface area contributed by atoms with Crippen molar-refractivity contribution in [2.75, 3.05) is 26.2 Å². The number of carbonyl (C=O) groups is 1. The van der Waals surface area contributed by atoms with Gasteiger partial charge < -0.3 is 4.90 Å². The largest absolute Gasteiger partial charge is 0.416 e. The summed E-state index contributed by atoms with van der Waals surface area (Å²) >= 11 is 0. The van der Waals surface area contributed by atoms with Crippen LogP contribution in [0, 0.1) is 17.5 Å². The summed E-state index contributed by atoms with van der Waals surface area (Å²) in [6.07, 6.45) is -2.01. The smallest absolute Gasteiger partial charge is 0.337 e. The third-order valence-corrected chi connectivity index (χ3v) is 6.74. The van der Waals surface area contributed by atoms with Crippen molar-refractivity contribution in [2.45, 2.75) is 11.1 Å². The van der Waals surface area contributed by atoms with Gasteiger partial charge in [0.1, 0.15) is 4.90 Å². The quantitative estimate of drug-likeness (QED) is 0.383. The van der Waals surface area contributed by atoms with Gasteiger partial charge in [0.25, 0.3) is 0 Å². The zero-order valence-corrected chi connectivity index (χ0v) is 17.1. The van der Waals surface area contributed by atoms with Crippen molar-refractivity contribution in [3.05, 3.63) is 71.1 Å². The Morgan fingerprint density at radius 2 is 1.47 bits per heavy atom. The lowest BCUT2D eigenvalue weighted by Gasteiger charge is -2.33. The normalized spacial score (nSPS) is 16.0. The van der Waals surface area contributed by atoms with Gasteiger partial charge in [0.15, 0.2) is 17.5 Å². The first-order valence-electron chi connectivity index (χ1n) is 9.19. The van der Waals surface area contributed by atoms with Crippen LogP contribution in [0.4, 0.5) is 26.3 Å². The summed E-state index contributed by atoms with van der Waals surface area (Å²) in [5, 5.41) is 0. The van der Waals surface area contributed by atoms with Gasteiger partial charge in [0.05, 0.1) is 5.56 Å². The molecule has 0 bridgehead atoms. The summed E-state index contributed by atoms with van der Waals surface area (Å²) in [5.74, 6) is -5.73. The molecule has 1 aliphatic rings. The molecule has 0 aromatic heterocycles. The van der Waals surface area contributed by atoms with Crippen LogP contribution in [-0.2, 0) is 21.0 Å². The molecule has 0 N–H and O–H groups in total. The number of sulfonamides is 1. The van der Waals surface area contributed by atoms with Crippen molar-refractivity contribution in [3.63, 3.8) is 0 Å². The number of hydrogen-bond donors (Lipinski definition) is 0. The Kier molecular flexibility index (Phi) is 6.65.